The highest BCUT2D eigenvalue weighted by molar-refractivity contribution is 5.77. The summed E-state index contributed by atoms with van der Waals surface area (Å²) in [5.74, 6) is 2.27. The summed E-state index contributed by atoms with van der Waals surface area (Å²) in [6, 6.07) is 13.2. The lowest BCUT2D eigenvalue weighted by Gasteiger charge is -2.17. The number of rotatable bonds is 7. The molecule has 28 heavy (non-hydrogen) atoms. The van der Waals surface area contributed by atoms with Crippen molar-refractivity contribution < 1.29 is 13.6 Å². The molecule has 1 atom stereocenters. The van der Waals surface area contributed by atoms with E-state index in [1.807, 2.05) is 42.5 Å². The van der Waals surface area contributed by atoms with Crippen LogP contribution in [0.3, 0.4) is 0 Å². The number of carbonyl (C=O) groups is 1. The molecule has 1 aliphatic rings. The maximum atomic E-state index is 12.6. The number of nitrogens with one attached hydrogen (secondary N) is 1. The van der Waals surface area contributed by atoms with Gasteiger partial charge in [0.2, 0.25) is 17.7 Å². The van der Waals surface area contributed by atoms with E-state index in [4.69, 9.17) is 8.83 Å². The largest absolute Gasteiger partial charge is 0.467 e. The fourth-order valence-corrected chi connectivity index (χ4v) is 3.76. The van der Waals surface area contributed by atoms with Crippen molar-refractivity contribution in [3.63, 3.8) is 0 Å². The molecular formula is C22H25N3O3. The van der Waals surface area contributed by atoms with Crippen LogP contribution in [0.2, 0.25) is 0 Å². The zero-order valence-corrected chi connectivity index (χ0v) is 15.8. The van der Waals surface area contributed by atoms with Crippen LogP contribution in [0.15, 0.2) is 57.6 Å². The lowest BCUT2D eigenvalue weighted by Crippen LogP contribution is -2.29. The molecule has 4 rings (SSSR count). The second-order valence-electron chi connectivity index (χ2n) is 7.30. The minimum absolute atomic E-state index is 0.0809. The number of amides is 1. The second kappa shape index (κ2) is 8.87. The molecule has 1 N–H and O–H groups in total. The number of aromatic nitrogens is 2. The third kappa shape index (κ3) is 4.50. The van der Waals surface area contributed by atoms with Crippen LogP contribution in [0.4, 0.5) is 0 Å². The maximum Gasteiger partial charge on any atom is 0.221 e. The Labute approximate surface area is 164 Å². The van der Waals surface area contributed by atoms with Gasteiger partial charge in [-0.3, -0.25) is 4.79 Å². The van der Waals surface area contributed by atoms with Crippen molar-refractivity contribution in [2.24, 2.45) is 0 Å². The third-order valence-electron chi connectivity index (χ3n) is 5.27. The highest BCUT2D eigenvalue weighted by Gasteiger charge is 2.22. The van der Waals surface area contributed by atoms with Gasteiger partial charge in [-0.2, -0.15) is 0 Å². The van der Waals surface area contributed by atoms with Gasteiger partial charge in [-0.05, 0) is 30.5 Å². The van der Waals surface area contributed by atoms with E-state index in [0.29, 0.717) is 24.0 Å². The number of nitrogens with zero attached hydrogens (tertiary/aromatic N) is 2. The Morgan fingerprint density at radius 2 is 1.89 bits per heavy atom. The molecule has 1 unspecified atom stereocenters. The van der Waals surface area contributed by atoms with Gasteiger partial charge in [0.25, 0.3) is 0 Å². The van der Waals surface area contributed by atoms with Crippen LogP contribution in [-0.4, -0.2) is 16.1 Å². The molecule has 1 fully saturated rings. The average molecular weight is 379 g/mol. The lowest BCUT2D eigenvalue weighted by molar-refractivity contribution is -0.121. The van der Waals surface area contributed by atoms with E-state index in [1.165, 1.54) is 19.3 Å². The predicted octanol–water partition coefficient (Wildman–Crippen LogP) is 4.55. The van der Waals surface area contributed by atoms with Crippen LogP contribution in [0.25, 0.3) is 0 Å². The Hall–Kier alpha value is -2.89. The van der Waals surface area contributed by atoms with Gasteiger partial charge in [-0.15, -0.1) is 10.2 Å². The molecule has 0 saturated heterocycles. The van der Waals surface area contributed by atoms with E-state index < -0.39 is 0 Å². The predicted molar refractivity (Wildman–Crippen MR) is 104 cm³/mol. The van der Waals surface area contributed by atoms with Crippen LogP contribution >= 0.6 is 0 Å². The molecule has 146 valence electrons. The Bertz CT molecular complexity index is 868. The summed E-state index contributed by atoms with van der Waals surface area (Å²) in [7, 11) is 0. The first kappa shape index (κ1) is 18.5. The van der Waals surface area contributed by atoms with Gasteiger partial charge in [-0.1, -0.05) is 49.6 Å². The van der Waals surface area contributed by atoms with E-state index in [2.05, 4.69) is 15.5 Å². The molecule has 0 aliphatic heterocycles. The van der Waals surface area contributed by atoms with E-state index >= 15 is 0 Å². The quantitative estimate of drug-likeness (QED) is 0.651. The second-order valence-corrected chi connectivity index (χ2v) is 7.30. The average Bonchev–Trinajstić information content (AvgIpc) is 3.44. The van der Waals surface area contributed by atoms with Crippen molar-refractivity contribution in [1.82, 2.24) is 15.5 Å². The summed E-state index contributed by atoms with van der Waals surface area (Å²) in [5, 5.41) is 11.4. The van der Waals surface area contributed by atoms with E-state index in [1.54, 1.807) is 6.26 Å². The topological polar surface area (TPSA) is 81.2 Å². The highest BCUT2D eigenvalue weighted by atomic mass is 16.4. The van der Waals surface area contributed by atoms with Gasteiger partial charge >= 0.3 is 0 Å². The van der Waals surface area contributed by atoms with Gasteiger partial charge in [-0.25, -0.2) is 0 Å². The number of hydrogen-bond donors (Lipinski definition) is 1. The molecule has 3 aromatic rings. The molecule has 2 heterocycles. The Balaban J connectivity index is 1.36. The highest BCUT2D eigenvalue weighted by Crippen LogP contribution is 2.31. The van der Waals surface area contributed by atoms with Crippen molar-refractivity contribution in [2.75, 3.05) is 0 Å². The van der Waals surface area contributed by atoms with Crippen LogP contribution in [-0.2, 0) is 11.2 Å². The summed E-state index contributed by atoms with van der Waals surface area (Å²) < 4.78 is 11.3. The Kier molecular flexibility index (Phi) is 5.85. The molecule has 1 aliphatic carbocycles. The monoisotopic (exact) mass is 379 g/mol. The lowest BCUT2D eigenvalue weighted by atomic mass is 9.89. The third-order valence-corrected chi connectivity index (χ3v) is 5.27. The van der Waals surface area contributed by atoms with Crippen molar-refractivity contribution in [3.8, 4) is 0 Å². The number of furan rings is 1. The van der Waals surface area contributed by atoms with Crippen molar-refractivity contribution in [2.45, 2.75) is 56.9 Å². The number of carbonyl (C=O) groups excluding carboxylic acids is 1. The summed E-state index contributed by atoms with van der Waals surface area (Å²) in [4.78, 5) is 12.6. The molecule has 0 radical (unpaired) electrons. The fraction of sp³-hybridized carbons (Fsp3) is 0.409. The molecule has 1 saturated carbocycles. The van der Waals surface area contributed by atoms with Crippen LogP contribution in [0, 0.1) is 0 Å². The fourth-order valence-electron chi connectivity index (χ4n) is 3.76. The SMILES string of the molecule is O=C(CCc1nnc(C2CCCCC2)o1)NC(c1ccccc1)c1ccco1. The molecule has 1 amide bonds. The summed E-state index contributed by atoms with van der Waals surface area (Å²) >= 11 is 0. The zero-order chi connectivity index (χ0) is 19.2. The van der Waals surface area contributed by atoms with Crippen LogP contribution in [0.1, 0.15) is 73.6 Å². The standard InChI is InChI=1S/C22H25N3O3/c26-19(13-14-20-24-25-22(28-20)17-10-5-2-6-11-17)23-21(18-12-7-15-27-18)16-8-3-1-4-9-16/h1,3-4,7-9,12,15,17,21H,2,5-6,10-11,13-14H2,(H,23,26). The first-order valence-corrected chi connectivity index (χ1v) is 9.99. The zero-order valence-electron chi connectivity index (χ0n) is 15.8. The number of hydrogen-bond acceptors (Lipinski definition) is 5. The molecule has 1 aromatic carbocycles. The smallest absolute Gasteiger partial charge is 0.221 e. The van der Waals surface area contributed by atoms with Crippen molar-refractivity contribution >= 4 is 5.91 Å². The van der Waals surface area contributed by atoms with Gasteiger partial charge in [0.1, 0.15) is 11.8 Å². The minimum Gasteiger partial charge on any atom is -0.467 e. The minimum atomic E-state index is -0.316. The van der Waals surface area contributed by atoms with Crippen LogP contribution in [0.5, 0.6) is 0 Å². The summed E-state index contributed by atoms with van der Waals surface area (Å²) in [5.41, 5.74) is 0.975. The van der Waals surface area contributed by atoms with Gasteiger partial charge in [0.05, 0.1) is 6.26 Å². The van der Waals surface area contributed by atoms with Gasteiger partial charge in [0, 0.05) is 18.8 Å². The van der Waals surface area contributed by atoms with Gasteiger partial charge < -0.3 is 14.2 Å². The molecule has 6 heteroatoms. The molecule has 6 nitrogen and oxygen atoms in total. The first-order valence-electron chi connectivity index (χ1n) is 9.99. The molecule has 2 aromatic heterocycles. The molecular weight excluding hydrogens is 354 g/mol. The Morgan fingerprint density at radius 1 is 1.07 bits per heavy atom. The number of aryl methyl sites for hydroxylation is 1. The van der Waals surface area contributed by atoms with Gasteiger partial charge in [0.15, 0.2) is 0 Å². The molecule has 0 bridgehead atoms. The first-order chi connectivity index (χ1) is 13.8. The normalized spacial score (nSPS) is 16.0. The summed E-state index contributed by atoms with van der Waals surface area (Å²) in [6.45, 7) is 0. The van der Waals surface area contributed by atoms with Crippen molar-refractivity contribution in [3.05, 3.63) is 71.8 Å². The molecule has 0 spiro atoms. The van der Waals surface area contributed by atoms with E-state index in [-0.39, 0.29) is 18.4 Å². The number of benzene rings is 1. The van der Waals surface area contributed by atoms with E-state index in [0.717, 1.165) is 24.3 Å². The summed E-state index contributed by atoms with van der Waals surface area (Å²) in [6.07, 6.45) is 8.30. The van der Waals surface area contributed by atoms with Crippen LogP contribution < -0.4 is 5.32 Å². The van der Waals surface area contributed by atoms with E-state index in [9.17, 15) is 4.79 Å². The van der Waals surface area contributed by atoms with Crippen molar-refractivity contribution in [1.29, 1.82) is 0 Å². The Morgan fingerprint density at radius 3 is 2.64 bits per heavy atom. The maximum absolute atomic E-state index is 12.6.